The molecule has 0 aliphatic carbocycles. The number of methoxy groups -OCH3 is 1. The van der Waals surface area contributed by atoms with Gasteiger partial charge in [-0.25, -0.2) is 4.68 Å². The van der Waals surface area contributed by atoms with Crippen LogP contribution < -0.4 is 15.9 Å². The van der Waals surface area contributed by atoms with Gasteiger partial charge in [0.05, 0.1) is 18.0 Å². The minimum atomic E-state index is -0.422. The summed E-state index contributed by atoms with van der Waals surface area (Å²) in [4.78, 5) is 12.4. The van der Waals surface area contributed by atoms with Crippen molar-refractivity contribution in [2.75, 3.05) is 18.3 Å². The van der Waals surface area contributed by atoms with E-state index in [1.807, 2.05) is 6.92 Å². The Morgan fingerprint density at radius 2 is 2.25 bits per heavy atom. The van der Waals surface area contributed by atoms with E-state index in [9.17, 15) is 4.79 Å². The number of rotatable bonds is 7. The maximum atomic E-state index is 12.4. The van der Waals surface area contributed by atoms with Crippen LogP contribution in [0.25, 0.3) is 0 Å². The average Bonchev–Trinajstić information content (AvgIpc) is 2.88. The van der Waals surface area contributed by atoms with Crippen LogP contribution in [-0.4, -0.2) is 33.1 Å². The second-order valence-electron chi connectivity index (χ2n) is 5.11. The van der Waals surface area contributed by atoms with E-state index in [0.717, 1.165) is 12.8 Å². The molecule has 1 aromatic heterocycles. The number of hydrogen-bond acceptors (Lipinski definition) is 6. The number of amides is 1. The largest absolute Gasteiger partial charge is 0.495 e. The Hall–Kier alpha value is -1.93. The van der Waals surface area contributed by atoms with E-state index in [0.29, 0.717) is 27.4 Å². The van der Waals surface area contributed by atoms with Crippen molar-refractivity contribution in [3.63, 3.8) is 0 Å². The highest BCUT2D eigenvalue weighted by atomic mass is 35.5. The molecule has 0 aliphatic rings. The molecule has 0 saturated carbocycles. The lowest BCUT2D eigenvalue weighted by atomic mass is 10.3. The average molecular weight is 370 g/mol. The third-order valence-corrected chi connectivity index (χ3v) is 4.57. The molecule has 1 aromatic carbocycles. The van der Waals surface area contributed by atoms with Crippen LogP contribution >= 0.6 is 23.4 Å². The van der Waals surface area contributed by atoms with Gasteiger partial charge in [0.15, 0.2) is 5.82 Å². The molecule has 0 spiro atoms. The van der Waals surface area contributed by atoms with Gasteiger partial charge in [-0.05, 0) is 31.5 Å². The van der Waals surface area contributed by atoms with Crippen LogP contribution in [0.2, 0.25) is 5.02 Å². The number of anilines is 1. The molecule has 9 heteroatoms. The van der Waals surface area contributed by atoms with Gasteiger partial charge >= 0.3 is 0 Å². The van der Waals surface area contributed by atoms with Crippen molar-refractivity contribution in [2.24, 2.45) is 0 Å². The predicted molar refractivity (Wildman–Crippen MR) is 96.1 cm³/mol. The molecule has 0 radical (unpaired) electrons. The number of nitrogen functional groups attached to an aromatic ring is 1. The van der Waals surface area contributed by atoms with Gasteiger partial charge in [-0.2, -0.15) is 0 Å². The van der Waals surface area contributed by atoms with E-state index in [1.54, 1.807) is 25.1 Å². The minimum Gasteiger partial charge on any atom is -0.495 e. The van der Waals surface area contributed by atoms with Crippen molar-refractivity contribution < 1.29 is 9.53 Å². The highest BCUT2D eigenvalue weighted by Gasteiger charge is 2.20. The Bertz CT molecular complexity index is 722. The van der Waals surface area contributed by atoms with Crippen LogP contribution in [0.4, 0.5) is 5.69 Å². The maximum absolute atomic E-state index is 12.4. The first-order chi connectivity index (χ1) is 11.5. The molecule has 24 heavy (non-hydrogen) atoms. The molecule has 0 bridgehead atoms. The quantitative estimate of drug-likeness (QED) is 0.575. The summed E-state index contributed by atoms with van der Waals surface area (Å²) in [6.07, 6.45) is 1.66. The molecule has 0 aliphatic heterocycles. The zero-order valence-corrected chi connectivity index (χ0v) is 15.3. The Kier molecular flexibility index (Phi) is 6.33. The molecule has 7 nitrogen and oxygen atoms in total. The van der Waals surface area contributed by atoms with Gasteiger partial charge in [0.2, 0.25) is 11.1 Å². The fourth-order valence-corrected chi connectivity index (χ4v) is 2.97. The van der Waals surface area contributed by atoms with E-state index in [1.165, 1.54) is 23.5 Å². The molecule has 130 valence electrons. The summed E-state index contributed by atoms with van der Waals surface area (Å²) >= 11 is 7.21. The molecule has 1 atom stereocenters. The highest BCUT2D eigenvalue weighted by molar-refractivity contribution is 8.00. The van der Waals surface area contributed by atoms with Gasteiger partial charge in [-0.1, -0.05) is 30.3 Å². The van der Waals surface area contributed by atoms with Gasteiger partial charge < -0.3 is 15.9 Å². The number of halogens is 1. The standard InChI is InChI=1S/C15H20ClN5O2S/c1-4-5-13-19-20-15(21(13)17)24-9(2)14(22)18-11-8-10(16)6-7-12(11)23-3/h6-9H,4-5,17H2,1-3H3,(H,18,22)/t9-/m0/s1. The third kappa shape index (κ3) is 4.33. The Morgan fingerprint density at radius 1 is 1.50 bits per heavy atom. The second-order valence-corrected chi connectivity index (χ2v) is 6.86. The van der Waals surface area contributed by atoms with Crippen molar-refractivity contribution in [3.05, 3.63) is 29.0 Å². The minimum absolute atomic E-state index is 0.208. The number of carbonyl (C=O) groups is 1. The molecule has 0 saturated heterocycles. The fraction of sp³-hybridized carbons (Fsp3) is 0.400. The molecule has 1 amide bonds. The Labute approximate surface area is 149 Å². The predicted octanol–water partition coefficient (Wildman–Crippen LogP) is 2.73. The topological polar surface area (TPSA) is 95.1 Å². The Morgan fingerprint density at radius 3 is 2.92 bits per heavy atom. The summed E-state index contributed by atoms with van der Waals surface area (Å²) in [6.45, 7) is 3.81. The Balaban J connectivity index is 2.06. The fourth-order valence-electron chi connectivity index (χ4n) is 2.01. The van der Waals surface area contributed by atoms with Gasteiger partial charge in [0, 0.05) is 11.4 Å². The van der Waals surface area contributed by atoms with Crippen molar-refractivity contribution >= 4 is 35.0 Å². The van der Waals surface area contributed by atoms with Crippen LogP contribution in [0, 0.1) is 0 Å². The number of benzene rings is 1. The molecule has 0 unspecified atom stereocenters. The summed E-state index contributed by atoms with van der Waals surface area (Å²) in [5, 5.41) is 11.5. The van der Waals surface area contributed by atoms with Gasteiger partial charge in [-0.15, -0.1) is 10.2 Å². The summed E-state index contributed by atoms with van der Waals surface area (Å²) < 4.78 is 6.65. The van der Waals surface area contributed by atoms with Crippen LogP contribution in [0.3, 0.4) is 0 Å². The first kappa shape index (κ1) is 18.4. The number of carbonyl (C=O) groups excluding carboxylic acids is 1. The van der Waals surface area contributed by atoms with Crippen LogP contribution in [0.5, 0.6) is 5.75 Å². The van der Waals surface area contributed by atoms with E-state index in [2.05, 4.69) is 15.5 Å². The summed E-state index contributed by atoms with van der Waals surface area (Å²) in [6, 6.07) is 5.03. The summed E-state index contributed by atoms with van der Waals surface area (Å²) in [7, 11) is 1.53. The monoisotopic (exact) mass is 369 g/mol. The lowest BCUT2D eigenvalue weighted by Crippen LogP contribution is -2.24. The van der Waals surface area contributed by atoms with Crippen molar-refractivity contribution in [3.8, 4) is 5.75 Å². The molecule has 2 aromatic rings. The van der Waals surface area contributed by atoms with Crippen LogP contribution in [0.15, 0.2) is 23.4 Å². The number of nitrogens with one attached hydrogen (secondary N) is 1. The number of nitrogens with zero attached hydrogens (tertiary/aromatic N) is 3. The lowest BCUT2D eigenvalue weighted by molar-refractivity contribution is -0.115. The van der Waals surface area contributed by atoms with Gasteiger partial charge in [-0.3, -0.25) is 4.79 Å². The van der Waals surface area contributed by atoms with Crippen molar-refractivity contribution in [2.45, 2.75) is 37.1 Å². The summed E-state index contributed by atoms with van der Waals surface area (Å²) in [5.74, 6) is 6.99. The maximum Gasteiger partial charge on any atom is 0.237 e. The first-order valence-corrected chi connectivity index (χ1v) is 8.72. The van der Waals surface area contributed by atoms with E-state index >= 15 is 0 Å². The van der Waals surface area contributed by atoms with Crippen LogP contribution in [-0.2, 0) is 11.2 Å². The molecule has 3 N–H and O–H groups in total. The van der Waals surface area contributed by atoms with E-state index in [-0.39, 0.29) is 5.91 Å². The summed E-state index contributed by atoms with van der Waals surface area (Å²) in [5.41, 5.74) is 0.517. The number of aryl methyl sites for hydroxylation is 1. The third-order valence-electron chi connectivity index (χ3n) is 3.28. The normalized spacial score (nSPS) is 12.0. The zero-order valence-electron chi connectivity index (χ0n) is 13.7. The molecule has 0 fully saturated rings. The number of aromatic nitrogens is 3. The molecular weight excluding hydrogens is 350 g/mol. The van der Waals surface area contributed by atoms with Crippen molar-refractivity contribution in [1.29, 1.82) is 0 Å². The molecule has 2 rings (SSSR count). The van der Waals surface area contributed by atoms with E-state index < -0.39 is 5.25 Å². The number of nitrogens with two attached hydrogens (primary N) is 1. The smallest absolute Gasteiger partial charge is 0.237 e. The van der Waals surface area contributed by atoms with Gasteiger partial charge in [0.1, 0.15) is 5.75 Å². The SMILES string of the molecule is CCCc1nnc(S[C@@H](C)C(=O)Nc2cc(Cl)ccc2OC)n1N. The van der Waals surface area contributed by atoms with Crippen molar-refractivity contribution in [1.82, 2.24) is 14.9 Å². The first-order valence-electron chi connectivity index (χ1n) is 7.46. The molecule has 1 heterocycles. The number of ether oxygens (including phenoxy) is 1. The zero-order chi connectivity index (χ0) is 17.7. The van der Waals surface area contributed by atoms with Crippen LogP contribution in [0.1, 0.15) is 26.1 Å². The number of hydrogen-bond donors (Lipinski definition) is 2. The molecular formula is C15H20ClN5O2S. The second kappa shape index (κ2) is 8.25. The lowest BCUT2D eigenvalue weighted by Gasteiger charge is -2.14. The van der Waals surface area contributed by atoms with Gasteiger partial charge in [0.25, 0.3) is 0 Å². The highest BCUT2D eigenvalue weighted by Crippen LogP contribution is 2.29. The van der Waals surface area contributed by atoms with E-state index in [4.69, 9.17) is 22.2 Å². The number of thioether (sulfide) groups is 1.